The lowest BCUT2D eigenvalue weighted by molar-refractivity contribution is -0.138. The molecule has 1 aromatic heterocycles. The van der Waals surface area contributed by atoms with Gasteiger partial charge in [-0.1, -0.05) is 12.8 Å². The van der Waals surface area contributed by atoms with Gasteiger partial charge in [0.05, 0.1) is 6.20 Å². The van der Waals surface area contributed by atoms with E-state index in [4.69, 9.17) is 5.11 Å². The van der Waals surface area contributed by atoms with Gasteiger partial charge in [0.25, 0.3) is 0 Å². The van der Waals surface area contributed by atoms with Gasteiger partial charge in [0.1, 0.15) is 5.56 Å². The zero-order valence-corrected chi connectivity index (χ0v) is 9.57. The summed E-state index contributed by atoms with van der Waals surface area (Å²) in [6, 6.07) is 0. The van der Waals surface area contributed by atoms with Crippen LogP contribution in [0.4, 0.5) is 13.2 Å². The van der Waals surface area contributed by atoms with E-state index in [0.29, 0.717) is 6.20 Å². The molecule has 1 heterocycles. The van der Waals surface area contributed by atoms with Crippen molar-refractivity contribution in [3.05, 3.63) is 17.5 Å². The molecule has 1 aliphatic carbocycles. The third-order valence-electron chi connectivity index (χ3n) is 3.25. The third kappa shape index (κ3) is 2.49. The van der Waals surface area contributed by atoms with Crippen molar-refractivity contribution in [2.24, 2.45) is 5.92 Å². The number of alkyl halides is 3. The molecule has 1 saturated carbocycles. The first kappa shape index (κ1) is 12.9. The number of rotatable bonds is 3. The van der Waals surface area contributed by atoms with Crippen LogP contribution >= 0.6 is 0 Å². The number of halogens is 3. The topological polar surface area (TPSA) is 55.1 Å². The fourth-order valence-electron chi connectivity index (χ4n) is 2.39. The Balaban J connectivity index is 2.30. The van der Waals surface area contributed by atoms with Gasteiger partial charge in [0, 0.05) is 6.54 Å². The number of carboxylic acids is 1. The summed E-state index contributed by atoms with van der Waals surface area (Å²) in [6.07, 6.45) is -0.165. The largest absolute Gasteiger partial charge is 0.477 e. The molecule has 0 aliphatic heterocycles. The van der Waals surface area contributed by atoms with Crippen LogP contribution in [-0.2, 0) is 12.7 Å². The second kappa shape index (κ2) is 4.62. The Morgan fingerprint density at radius 3 is 2.56 bits per heavy atom. The van der Waals surface area contributed by atoms with Gasteiger partial charge in [-0.2, -0.15) is 18.3 Å². The zero-order valence-electron chi connectivity index (χ0n) is 9.57. The van der Waals surface area contributed by atoms with Crippen LogP contribution in [0, 0.1) is 5.92 Å². The van der Waals surface area contributed by atoms with Gasteiger partial charge in [0.15, 0.2) is 5.69 Å². The highest BCUT2D eigenvalue weighted by atomic mass is 19.4. The molecule has 100 valence electrons. The van der Waals surface area contributed by atoms with E-state index in [9.17, 15) is 18.0 Å². The molecule has 0 aromatic carbocycles. The van der Waals surface area contributed by atoms with Gasteiger partial charge in [0.2, 0.25) is 0 Å². The molecule has 0 atom stereocenters. The Hall–Kier alpha value is -1.53. The average molecular weight is 262 g/mol. The van der Waals surface area contributed by atoms with Gasteiger partial charge in [-0.15, -0.1) is 0 Å². The van der Waals surface area contributed by atoms with Gasteiger partial charge >= 0.3 is 12.1 Å². The second-order valence-corrected chi connectivity index (χ2v) is 4.54. The first-order valence-corrected chi connectivity index (χ1v) is 5.76. The monoisotopic (exact) mass is 262 g/mol. The quantitative estimate of drug-likeness (QED) is 0.911. The summed E-state index contributed by atoms with van der Waals surface area (Å²) < 4.78 is 38.8. The highest BCUT2D eigenvalue weighted by Crippen LogP contribution is 2.33. The van der Waals surface area contributed by atoms with Crippen molar-refractivity contribution >= 4 is 5.97 Å². The van der Waals surface area contributed by atoms with Crippen molar-refractivity contribution in [1.82, 2.24) is 9.78 Å². The highest BCUT2D eigenvalue weighted by molar-refractivity contribution is 5.87. The molecule has 0 spiro atoms. The van der Waals surface area contributed by atoms with Crippen molar-refractivity contribution < 1.29 is 23.1 Å². The van der Waals surface area contributed by atoms with Gasteiger partial charge in [-0.25, -0.2) is 4.79 Å². The number of hydrogen-bond acceptors (Lipinski definition) is 2. The maximum absolute atomic E-state index is 12.6. The summed E-state index contributed by atoms with van der Waals surface area (Å²) in [5.74, 6) is -1.36. The van der Waals surface area contributed by atoms with Crippen molar-refractivity contribution in [2.75, 3.05) is 0 Å². The van der Waals surface area contributed by atoms with Gasteiger partial charge in [-0.3, -0.25) is 4.68 Å². The molecule has 4 nitrogen and oxygen atoms in total. The highest BCUT2D eigenvalue weighted by Gasteiger charge is 2.39. The van der Waals surface area contributed by atoms with Crippen LogP contribution in [0.25, 0.3) is 0 Å². The van der Waals surface area contributed by atoms with E-state index < -0.39 is 23.4 Å². The summed E-state index contributed by atoms with van der Waals surface area (Å²) in [4.78, 5) is 11.0. The maximum Gasteiger partial charge on any atom is 0.420 e. The van der Waals surface area contributed by atoms with E-state index in [1.165, 1.54) is 0 Å². The molecule has 1 aromatic rings. The summed E-state index contributed by atoms with van der Waals surface area (Å²) in [5.41, 5.74) is -1.93. The number of carbonyl (C=O) groups is 1. The molecular weight excluding hydrogens is 249 g/mol. The normalized spacial score (nSPS) is 17.3. The lowest BCUT2D eigenvalue weighted by Gasteiger charge is -2.12. The molecule has 7 heteroatoms. The van der Waals surface area contributed by atoms with E-state index >= 15 is 0 Å². The summed E-state index contributed by atoms with van der Waals surface area (Å²) in [5, 5.41) is 12.5. The van der Waals surface area contributed by atoms with Crippen LogP contribution in [0.15, 0.2) is 6.20 Å². The van der Waals surface area contributed by atoms with E-state index in [0.717, 1.165) is 30.4 Å². The van der Waals surface area contributed by atoms with Crippen LogP contribution in [0.2, 0.25) is 0 Å². The first-order valence-electron chi connectivity index (χ1n) is 5.76. The van der Waals surface area contributed by atoms with Crippen LogP contribution in [0.3, 0.4) is 0 Å². The average Bonchev–Trinajstić information content (AvgIpc) is 2.85. The predicted octanol–water partition coefficient (Wildman–Crippen LogP) is 2.79. The van der Waals surface area contributed by atoms with Crippen molar-refractivity contribution in [3.8, 4) is 0 Å². The molecular formula is C11H13F3N2O2. The van der Waals surface area contributed by atoms with Gasteiger partial charge < -0.3 is 5.11 Å². The number of nitrogens with zero attached hydrogens (tertiary/aromatic N) is 2. The van der Waals surface area contributed by atoms with E-state index in [1.54, 1.807) is 0 Å². The first-order chi connectivity index (χ1) is 8.39. The zero-order chi connectivity index (χ0) is 13.3. The summed E-state index contributed by atoms with van der Waals surface area (Å²) in [6.45, 7) is 0.248. The number of carboxylic acid groups (broad SMARTS) is 1. The Kier molecular flexibility index (Phi) is 3.32. The second-order valence-electron chi connectivity index (χ2n) is 4.54. The molecule has 1 fully saturated rings. The van der Waals surface area contributed by atoms with E-state index in [-0.39, 0.29) is 12.5 Å². The lowest BCUT2D eigenvalue weighted by atomic mass is 10.1. The third-order valence-corrected chi connectivity index (χ3v) is 3.25. The molecule has 0 amide bonds. The van der Waals surface area contributed by atoms with Crippen molar-refractivity contribution in [2.45, 2.75) is 38.4 Å². The molecule has 1 N–H and O–H groups in total. The Morgan fingerprint density at radius 1 is 1.44 bits per heavy atom. The van der Waals surface area contributed by atoms with Gasteiger partial charge in [-0.05, 0) is 18.8 Å². The van der Waals surface area contributed by atoms with Crippen LogP contribution < -0.4 is 0 Å². The fourth-order valence-corrected chi connectivity index (χ4v) is 2.39. The number of aromatic carboxylic acids is 1. The molecule has 0 bridgehead atoms. The minimum Gasteiger partial charge on any atom is -0.477 e. The summed E-state index contributed by atoms with van der Waals surface area (Å²) >= 11 is 0. The number of aromatic nitrogens is 2. The molecule has 1 aliphatic rings. The van der Waals surface area contributed by atoms with Crippen LogP contribution in [0.5, 0.6) is 0 Å². The molecule has 18 heavy (non-hydrogen) atoms. The Labute approximate surface area is 101 Å². The smallest absolute Gasteiger partial charge is 0.420 e. The molecule has 0 unspecified atom stereocenters. The lowest BCUT2D eigenvalue weighted by Crippen LogP contribution is -2.18. The van der Waals surface area contributed by atoms with Crippen LogP contribution in [-0.4, -0.2) is 20.9 Å². The minimum absolute atomic E-state index is 0.226. The predicted molar refractivity (Wildman–Crippen MR) is 56.1 cm³/mol. The van der Waals surface area contributed by atoms with Crippen molar-refractivity contribution in [3.63, 3.8) is 0 Å². The van der Waals surface area contributed by atoms with Crippen molar-refractivity contribution in [1.29, 1.82) is 0 Å². The maximum atomic E-state index is 12.6. The Morgan fingerprint density at radius 2 is 2.06 bits per heavy atom. The van der Waals surface area contributed by atoms with E-state index in [2.05, 4.69) is 5.10 Å². The SMILES string of the molecule is O=C(O)c1c(C(F)(F)F)cnn1CC1CCCC1. The van der Waals surface area contributed by atoms with E-state index in [1.807, 2.05) is 0 Å². The molecule has 2 rings (SSSR count). The molecule has 0 saturated heterocycles. The summed E-state index contributed by atoms with van der Waals surface area (Å²) in [7, 11) is 0. The van der Waals surface area contributed by atoms with Crippen LogP contribution in [0.1, 0.15) is 41.7 Å². The fraction of sp³-hybridized carbons (Fsp3) is 0.636. The minimum atomic E-state index is -4.68. The Bertz CT molecular complexity index is 448. The molecule has 0 radical (unpaired) electrons. The standard InChI is InChI=1S/C11H13F3N2O2/c12-11(13,14)8-5-15-16(9(8)10(17)18)6-7-3-1-2-4-7/h5,7H,1-4,6H2,(H,17,18). The number of hydrogen-bond donors (Lipinski definition) is 1.